The van der Waals surface area contributed by atoms with Gasteiger partial charge in [0.25, 0.3) is 10.0 Å². The highest BCUT2D eigenvalue weighted by Gasteiger charge is 2.21. The van der Waals surface area contributed by atoms with Gasteiger partial charge >= 0.3 is 0 Å². The number of rotatable bonds is 6. The summed E-state index contributed by atoms with van der Waals surface area (Å²) in [6.07, 6.45) is 1.34. The van der Waals surface area contributed by atoms with Crippen molar-refractivity contribution in [3.63, 3.8) is 0 Å². The molecule has 0 fully saturated rings. The fourth-order valence-corrected chi connectivity index (χ4v) is 2.94. The number of hydrogen-bond acceptors (Lipinski definition) is 4. The summed E-state index contributed by atoms with van der Waals surface area (Å²) in [7, 11) is -2.10. The van der Waals surface area contributed by atoms with E-state index >= 15 is 0 Å². The maximum atomic E-state index is 12.0. The highest BCUT2D eigenvalue weighted by molar-refractivity contribution is 7.89. The molecule has 1 aromatic heterocycles. The van der Waals surface area contributed by atoms with Crippen molar-refractivity contribution in [3.05, 3.63) is 41.8 Å². The standard InChI is InChI=1S/C12H14ClN3O3S/c1-16-9-14-12(11(16)13)20(17,18)15-7-8-19-10-5-3-2-4-6-10/h2-6,9,15H,7-8H2,1H3. The number of aryl methyl sites for hydroxylation is 1. The summed E-state index contributed by atoms with van der Waals surface area (Å²) >= 11 is 5.85. The van der Waals surface area contributed by atoms with Crippen molar-refractivity contribution in [2.45, 2.75) is 5.03 Å². The van der Waals surface area contributed by atoms with E-state index in [9.17, 15) is 8.42 Å². The largest absolute Gasteiger partial charge is 0.492 e. The van der Waals surface area contributed by atoms with E-state index in [0.29, 0.717) is 5.75 Å². The number of halogens is 1. The van der Waals surface area contributed by atoms with Gasteiger partial charge in [0.1, 0.15) is 17.5 Å². The lowest BCUT2D eigenvalue weighted by atomic mass is 10.3. The summed E-state index contributed by atoms with van der Waals surface area (Å²) in [6.45, 7) is 0.345. The Bertz CT molecular complexity index is 671. The molecule has 0 radical (unpaired) electrons. The molecule has 20 heavy (non-hydrogen) atoms. The molecule has 2 aromatic rings. The first-order valence-corrected chi connectivity index (χ1v) is 7.71. The number of nitrogens with zero attached hydrogens (tertiary/aromatic N) is 2. The van der Waals surface area contributed by atoms with E-state index in [1.807, 2.05) is 18.2 Å². The van der Waals surface area contributed by atoms with Crippen LogP contribution in [0.4, 0.5) is 0 Å². The summed E-state index contributed by atoms with van der Waals surface area (Å²) in [4.78, 5) is 3.76. The molecular weight excluding hydrogens is 302 g/mol. The molecule has 1 aromatic carbocycles. The average Bonchev–Trinajstić information content (AvgIpc) is 2.77. The number of hydrogen-bond donors (Lipinski definition) is 1. The molecule has 0 aliphatic heterocycles. The Kier molecular flexibility index (Phi) is 4.64. The zero-order valence-corrected chi connectivity index (χ0v) is 12.4. The summed E-state index contributed by atoms with van der Waals surface area (Å²) in [5, 5.41) is -0.108. The Morgan fingerprint density at radius 1 is 1.35 bits per heavy atom. The van der Waals surface area contributed by atoms with E-state index in [0.717, 1.165) is 0 Å². The quantitative estimate of drug-likeness (QED) is 0.818. The first-order valence-electron chi connectivity index (χ1n) is 5.85. The van der Waals surface area contributed by atoms with Crippen LogP contribution < -0.4 is 9.46 Å². The van der Waals surface area contributed by atoms with E-state index in [2.05, 4.69) is 9.71 Å². The highest BCUT2D eigenvalue weighted by atomic mass is 35.5. The monoisotopic (exact) mass is 315 g/mol. The number of ether oxygens (including phenoxy) is 1. The van der Waals surface area contributed by atoms with E-state index in [1.54, 1.807) is 19.2 Å². The maximum absolute atomic E-state index is 12.0. The molecule has 0 bridgehead atoms. The molecular formula is C12H14ClN3O3S. The van der Waals surface area contributed by atoms with Crippen molar-refractivity contribution >= 4 is 21.6 Å². The van der Waals surface area contributed by atoms with Crippen molar-refractivity contribution in [1.29, 1.82) is 0 Å². The van der Waals surface area contributed by atoms with Crippen molar-refractivity contribution in [2.24, 2.45) is 7.05 Å². The van der Waals surface area contributed by atoms with Crippen LogP contribution in [0.1, 0.15) is 0 Å². The molecule has 0 aliphatic rings. The second-order valence-electron chi connectivity index (χ2n) is 4.01. The van der Waals surface area contributed by atoms with Gasteiger partial charge in [0, 0.05) is 13.6 Å². The van der Waals surface area contributed by atoms with Crippen molar-refractivity contribution in [2.75, 3.05) is 13.2 Å². The normalized spacial score (nSPS) is 11.5. The smallest absolute Gasteiger partial charge is 0.261 e. The Hall–Kier alpha value is -1.57. The molecule has 0 amide bonds. The van der Waals surface area contributed by atoms with E-state index in [-0.39, 0.29) is 23.3 Å². The third-order valence-electron chi connectivity index (χ3n) is 2.49. The highest BCUT2D eigenvalue weighted by Crippen LogP contribution is 2.17. The van der Waals surface area contributed by atoms with Gasteiger partial charge in [0.15, 0.2) is 0 Å². The van der Waals surface area contributed by atoms with Gasteiger partial charge in [-0.05, 0) is 12.1 Å². The second kappa shape index (κ2) is 6.25. The molecule has 0 spiro atoms. The minimum Gasteiger partial charge on any atom is -0.492 e. The van der Waals surface area contributed by atoms with Crippen molar-refractivity contribution < 1.29 is 13.2 Å². The van der Waals surface area contributed by atoms with Gasteiger partial charge in [0.2, 0.25) is 5.03 Å². The van der Waals surface area contributed by atoms with Gasteiger partial charge in [-0.25, -0.2) is 18.1 Å². The molecule has 0 saturated carbocycles. The summed E-state index contributed by atoms with van der Waals surface area (Å²) in [5.74, 6) is 0.683. The maximum Gasteiger partial charge on any atom is 0.261 e. The number of imidazole rings is 1. The minimum atomic E-state index is -3.72. The molecule has 2 rings (SSSR count). The zero-order chi connectivity index (χ0) is 14.6. The first kappa shape index (κ1) is 14.8. The van der Waals surface area contributed by atoms with E-state index < -0.39 is 10.0 Å². The van der Waals surface area contributed by atoms with Crippen LogP contribution in [0.25, 0.3) is 0 Å². The van der Waals surface area contributed by atoms with Gasteiger partial charge in [-0.3, -0.25) is 0 Å². The van der Waals surface area contributed by atoms with E-state index in [1.165, 1.54) is 10.9 Å². The van der Waals surface area contributed by atoms with Crippen LogP contribution in [-0.2, 0) is 17.1 Å². The molecule has 0 atom stereocenters. The van der Waals surface area contributed by atoms with Gasteiger partial charge < -0.3 is 9.30 Å². The lowest BCUT2D eigenvalue weighted by molar-refractivity contribution is 0.323. The van der Waals surface area contributed by atoms with Crippen LogP contribution in [-0.4, -0.2) is 31.1 Å². The summed E-state index contributed by atoms with van der Waals surface area (Å²) < 4.78 is 33.1. The van der Waals surface area contributed by atoms with Crippen molar-refractivity contribution in [1.82, 2.24) is 14.3 Å². The molecule has 6 nitrogen and oxygen atoms in total. The van der Waals surface area contributed by atoms with Crippen LogP contribution >= 0.6 is 11.6 Å². The zero-order valence-electron chi connectivity index (χ0n) is 10.8. The Morgan fingerprint density at radius 3 is 2.65 bits per heavy atom. The summed E-state index contributed by atoms with van der Waals surface area (Å²) in [6, 6.07) is 9.15. The van der Waals surface area contributed by atoms with Gasteiger partial charge in [-0.1, -0.05) is 29.8 Å². The minimum absolute atomic E-state index is 0.0708. The fourth-order valence-electron chi connectivity index (χ4n) is 1.50. The molecule has 108 valence electrons. The lowest BCUT2D eigenvalue weighted by Crippen LogP contribution is -2.28. The Balaban J connectivity index is 1.89. The number of sulfonamides is 1. The predicted octanol–water partition coefficient (Wildman–Crippen LogP) is 1.43. The molecule has 1 N–H and O–H groups in total. The van der Waals surface area contributed by atoms with Crippen LogP contribution in [0, 0.1) is 0 Å². The average molecular weight is 316 g/mol. The fraction of sp³-hybridized carbons (Fsp3) is 0.250. The lowest BCUT2D eigenvalue weighted by Gasteiger charge is -2.07. The molecule has 8 heteroatoms. The van der Waals surface area contributed by atoms with Crippen LogP contribution in [0.5, 0.6) is 5.75 Å². The van der Waals surface area contributed by atoms with Gasteiger partial charge in [-0.15, -0.1) is 0 Å². The van der Waals surface area contributed by atoms with Crippen molar-refractivity contribution in [3.8, 4) is 5.75 Å². The topological polar surface area (TPSA) is 73.2 Å². The third kappa shape index (κ3) is 3.50. The molecule has 0 aliphatic carbocycles. The number of nitrogens with one attached hydrogen (secondary N) is 1. The molecule has 0 saturated heterocycles. The predicted molar refractivity (Wildman–Crippen MR) is 75.3 cm³/mol. The summed E-state index contributed by atoms with van der Waals surface area (Å²) in [5.41, 5.74) is 0. The van der Waals surface area contributed by atoms with Crippen LogP contribution in [0.3, 0.4) is 0 Å². The third-order valence-corrected chi connectivity index (χ3v) is 4.44. The van der Waals surface area contributed by atoms with Crippen LogP contribution in [0.2, 0.25) is 5.15 Å². The molecule has 0 unspecified atom stereocenters. The number of para-hydroxylation sites is 1. The SMILES string of the molecule is Cn1cnc(S(=O)(=O)NCCOc2ccccc2)c1Cl. The number of aromatic nitrogens is 2. The Morgan fingerprint density at radius 2 is 2.05 bits per heavy atom. The molecule has 1 heterocycles. The van der Waals surface area contributed by atoms with Gasteiger partial charge in [0.05, 0.1) is 6.33 Å². The Labute approximate surface area is 122 Å². The van der Waals surface area contributed by atoms with Crippen LogP contribution in [0.15, 0.2) is 41.7 Å². The van der Waals surface area contributed by atoms with E-state index in [4.69, 9.17) is 16.3 Å². The van der Waals surface area contributed by atoms with Gasteiger partial charge in [-0.2, -0.15) is 0 Å². The number of benzene rings is 1. The first-order chi connectivity index (χ1) is 9.50. The second-order valence-corrected chi connectivity index (χ2v) is 6.05.